The molecule has 2 N–H and O–H groups in total. The van der Waals surface area contributed by atoms with Gasteiger partial charge in [-0.25, -0.2) is 15.2 Å². The van der Waals surface area contributed by atoms with Crippen LogP contribution in [0.1, 0.15) is 90.6 Å². The average molecular weight is 938 g/mol. The number of urea groups is 1. The van der Waals surface area contributed by atoms with Crippen LogP contribution in [0, 0.1) is 11.3 Å². The molecule has 67 heavy (non-hydrogen) atoms. The predicted molar refractivity (Wildman–Crippen MR) is 259 cm³/mol. The van der Waals surface area contributed by atoms with Gasteiger partial charge in [0.1, 0.15) is 18.1 Å². The van der Waals surface area contributed by atoms with Crippen molar-refractivity contribution in [3.05, 3.63) is 70.8 Å². The van der Waals surface area contributed by atoms with Gasteiger partial charge in [-0.05, 0) is 88.8 Å². The molecule has 3 aromatic heterocycles. The third kappa shape index (κ3) is 10.1. The number of hydrogen-bond acceptors (Lipinski definition) is 11. The van der Waals surface area contributed by atoms with Crippen LogP contribution in [0.15, 0.2) is 54.6 Å². The van der Waals surface area contributed by atoms with Crippen molar-refractivity contribution < 1.29 is 33.4 Å². The summed E-state index contributed by atoms with van der Waals surface area (Å²) in [5.74, 6) is -1.92. The number of hydrazine groups is 1. The lowest BCUT2D eigenvalue weighted by Crippen LogP contribution is -2.65. The van der Waals surface area contributed by atoms with E-state index in [1.807, 2.05) is 46.1 Å². The van der Waals surface area contributed by atoms with Crippen molar-refractivity contribution in [2.75, 3.05) is 40.4 Å². The van der Waals surface area contributed by atoms with E-state index < -0.39 is 41.3 Å². The molecule has 0 aliphatic carbocycles. The Morgan fingerprint density at radius 2 is 1.87 bits per heavy atom. The molecule has 1 aromatic carbocycles. The van der Waals surface area contributed by atoms with E-state index in [2.05, 4.69) is 66.9 Å². The molecule has 6 atom stereocenters. The van der Waals surface area contributed by atoms with Crippen molar-refractivity contribution in [2.45, 2.75) is 124 Å². The highest BCUT2D eigenvalue weighted by atomic mass is 32.1. The van der Waals surface area contributed by atoms with Gasteiger partial charge in [-0.3, -0.25) is 29.2 Å². The molecule has 17 heteroatoms. The Balaban J connectivity index is 1.26. The van der Waals surface area contributed by atoms with Crippen LogP contribution in [0.5, 0.6) is 0 Å². The number of hydrogen-bond donors (Lipinski definition) is 2. The molecule has 4 aromatic rings. The first-order valence-electron chi connectivity index (χ1n) is 23.5. The van der Waals surface area contributed by atoms with E-state index >= 15 is 0 Å². The number of benzene rings is 1. The number of thiazole rings is 1. The number of cyclic esters (lactones) is 1. The molecule has 6 heterocycles. The van der Waals surface area contributed by atoms with Gasteiger partial charge < -0.3 is 34.1 Å². The second kappa shape index (κ2) is 20.3. The molecule has 16 nitrogen and oxygen atoms in total. The second-order valence-electron chi connectivity index (χ2n) is 19.4. The van der Waals surface area contributed by atoms with Crippen LogP contribution in [0.25, 0.3) is 33.4 Å². The number of aryl methyl sites for hydroxylation is 1. The molecular formula is C50H67N9O7S. The van der Waals surface area contributed by atoms with Crippen molar-refractivity contribution in [3.8, 4) is 22.5 Å². The van der Waals surface area contributed by atoms with Crippen molar-refractivity contribution in [3.63, 3.8) is 0 Å². The zero-order valence-corrected chi connectivity index (χ0v) is 41.4. The Hall–Kier alpha value is -5.65. The number of methoxy groups -OCH3 is 1. The summed E-state index contributed by atoms with van der Waals surface area (Å²) >= 11 is 1.40. The van der Waals surface area contributed by atoms with Gasteiger partial charge in [-0.2, -0.15) is 0 Å². The molecule has 3 aliphatic heterocycles. The molecule has 360 valence electrons. The first-order chi connectivity index (χ1) is 31.9. The number of amides is 5. The molecule has 3 aliphatic rings. The van der Waals surface area contributed by atoms with Crippen LogP contribution in [0.4, 0.5) is 4.79 Å². The van der Waals surface area contributed by atoms with Crippen LogP contribution in [0.3, 0.4) is 0 Å². The second-order valence-corrected chi connectivity index (χ2v) is 20.3. The molecule has 0 saturated carbocycles. The number of esters is 1. The molecular weight excluding hydrogens is 871 g/mol. The van der Waals surface area contributed by atoms with Gasteiger partial charge in [0.05, 0.1) is 34.8 Å². The summed E-state index contributed by atoms with van der Waals surface area (Å²) in [6.45, 7) is 21.2. The molecule has 0 spiro atoms. The zero-order valence-electron chi connectivity index (χ0n) is 40.6. The van der Waals surface area contributed by atoms with E-state index in [0.29, 0.717) is 50.4 Å². The molecule has 7 rings (SSSR count). The number of carbonyl (C=O) groups is 5. The van der Waals surface area contributed by atoms with E-state index in [9.17, 15) is 24.0 Å². The van der Waals surface area contributed by atoms with E-state index in [0.717, 1.165) is 44.7 Å². The van der Waals surface area contributed by atoms with Crippen LogP contribution >= 0.6 is 11.3 Å². The molecule has 2 fully saturated rings. The zero-order chi connectivity index (χ0) is 48.5. The maximum Gasteiger partial charge on any atom is 0.324 e. The summed E-state index contributed by atoms with van der Waals surface area (Å²) < 4.78 is 14.2. The first kappa shape index (κ1) is 49.3. The van der Waals surface area contributed by atoms with Gasteiger partial charge in [0, 0.05) is 97.9 Å². The average Bonchev–Trinajstić information content (AvgIpc) is 3.90. The minimum Gasteiger partial charge on any atom is -0.464 e. The maximum atomic E-state index is 14.7. The Morgan fingerprint density at radius 1 is 1.13 bits per heavy atom. The highest BCUT2D eigenvalue weighted by Gasteiger charge is 2.42. The summed E-state index contributed by atoms with van der Waals surface area (Å²) in [5, 5.41) is 8.11. The number of piperazine rings is 1. The number of rotatable bonds is 9. The third-order valence-corrected chi connectivity index (χ3v) is 14.3. The molecule has 5 amide bonds. The molecule has 1 unspecified atom stereocenters. The van der Waals surface area contributed by atoms with Crippen LogP contribution in [-0.4, -0.2) is 135 Å². The molecule has 6 bridgehead atoms. The van der Waals surface area contributed by atoms with E-state index in [-0.39, 0.29) is 49.1 Å². The number of aromatic nitrogens is 3. The minimum atomic E-state index is -1.10. The topological polar surface area (TPSA) is 172 Å². The fourth-order valence-corrected chi connectivity index (χ4v) is 10.9. The van der Waals surface area contributed by atoms with Crippen molar-refractivity contribution in [1.82, 2.24) is 45.0 Å². The fraction of sp³-hybridized carbons (Fsp3) is 0.540. The van der Waals surface area contributed by atoms with Crippen LogP contribution in [0.2, 0.25) is 0 Å². The number of fused-ring (bicyclic) bond motifs is 6. The number of pyridine rings is 1. The van der Waals surface area contributed by atoms with E-state index in [1.165, 1.54) is 27.3 Å². The van der Waals surface area contributed by atoms with Gasteiger partial charge in [0.25, 0.3) is 5.91 Å². The van der Waals surface area contributed by atoms with Crippen molar-refractivity contribution in [1.29, 1.82) is 0 Å². The Kier molecular flexibility index (Phi) is 14.9. The Morgan fingerprint density at radius 3 is 2.54 bits per heavy atom. The fourth-order valence-electron chi connectivity index (χ4n) is 10.1. The largest absolute Gasteiger partial charge is 0.464 e. The van der Waals surface area contributed by atoms with Crippen molar-refractivity contribution in [2.24, 2.45) is 11.3 Å². The lowest BCUT2D eigenvalue weighted by Gasteiger charge is -2.46. The Labute approximate surface area is 398 Å². The summed E-state index contributed by atoms with van der Waals surface area (Å²) in [4.78, 5) is 84.7. The van der Waals surface area contributed by atoms with E-state index in [1.54, 1.807) is 30.2 Å². The predicted octanol–water partition coefficient (Wildman–Crippen LogP) is 6.39. The lowest BCUT2D eigenvalue weighted by atomic mass is 9.84. The molecule has 0 radical (unpaired) electrons. The van der Waals surface area contributed by atoms with Crippen LogP contribution in [-0.2, 0) is 48.0 Å². The number of nitrogens with one attached hydrogen (secondary N) is 2. The van der Waals surface area contributed by atoms with Gasteiger partial charge in [0.15, 0.2) is 0 Å². The standard InChI is InChI=1S/C50H67N9O7S/c1-12-42(60)56-25-30(5)59(31(6)26-56)49(64)55(10)44(29(3)4)46(61)53-38-23-41-52-39(27-67-41)33-18-19-40-35(22-33)36(45(57(40)13-2)34-16-14-20-51-43(34)32(7)65-11)24-50(8,9)28-66-48(63)37-17-15-21-58(54-37)47(38)62/h12,14,16,18-20,22,27,29-32,37-38,44,54H,1,13,15,17,21,23-26,28H2,2-11H3,(H,53,61)/t30-,31+,32-,37-,38-,44?/m0/s1. The quantitative estimate of drug-likeness (QED) is 0.142. The van der Waals surface area contributed by atoms with Crippen LogP contribution < -0.4 is 10.7 Å². The summed E-state index contributed by atoms with van der Waals surface area (Å²) in [6, 6.07) is 6.57. The minimum absolute atomic E-state index is 0.0673. The number of nitrogens with zero attached hydrogens (tertiary/aromatic N) is 7. The maximum absolute atomic E-state index is 14.7. The smallest absolute Gasteiger partial charge is 0.324 e. The van der Waals surface area contributed by atoms with Gasteiger partial charge in [-0.1, -0.05) is 40.3 Å². The summed E-state index contributed by atoms with van der Waals surface area (Å²) in [6.07, 6.45) is 4.44. The van der Waals surface area contributed by atoms with Crippen molar-refractivity contribution >= 4 is 52.0 Å². The van der Waals surface area contributed by atoms with Gasteiger partial charge >= 0.3 is 12.0 Å². The highest BCUT2D eigenvalue weighted by Crippen LogP contribution is 2.42. The van der Waals surface area contributed by atoms with Gasteiger partial charge in [0.2, 0.25) is 11.8 Å². The summed E-state index contributed by atoms with van der Waals surface area (Å²) in [5.41, 5.74) is 9.24. The molecule has 2 saturated heterocycles. The third-order valence-electron chi connectivity index (χ3n) is 13.4. The number of likely N-dealkylation sites (N-methyl/N-ethyl adjacent to an activating group) is 1. The number of carbonyl (C=O) groups excluding carboxylic acids is 5. The SMILES string of the molecule is C=CC(=O)N1C[C@@H](C)N(C(=O)N(C)C(C(=O)N[C@H]2Cc3nc(cs3)-c3ccc4c(c3)c(c(-c3cccnc3[C@H](C)OC)n4CC)CC(C)(C)COC(=O)[C@@H]3CCCN(N3)C2=O)C(C)C)[C@@H](C)C1. The van der Waals surface area contributed by atoms with Gasteiger partial charge in [-0.15, -0.1) is 11.3 Å². The highest BCUT2D eigenvalue weighted by molar-refractivity contribution is 7.10. The first-order valence-corrected chi connectivity index (χ1v) is 24.3. The normalized spacial score (nSPS) is 22.2. The number of ether oxygens (including phenoxy) is 2. The monoisotopic (exact) mass is 937 g/mol. The van der Waals surface area contributed by atoms with E-state index in [4.69, 9.17) is 19.4 Å². The Bertz CT molecular complexity index is 2500. The lowest BCUT2D eigenvalue weighted by molar-refractivity contribution is -0.155. The summed E-state index contributed by atoms with van der Waals surface area (Å²) in [7, 11) is 3.29.